The van der Waals surface area contributed by atoms with Crippen molar-refractivity contribution in [3.63, 3.8) is 0 Å². The van der Waals surface area contributed by atoms with Gasteiger partial charge < -0.3 is 14.5 Å². The molecule has 0 saturated heterocycles. The number of amides is 1. The van der Waals surface area contributed by atoms with Crippen molar-refractivity contribution in [1.82, 2.24) is 5.32 Å². The summed E-state index contributed by atoms with van der Waals surface area (Å²) in [6, 6.07) is 7.24. The highest BCUT2D eigenvalue weighted by Crippen LogP contribution is 2.11. The quantitative estimate of drug-likeness (QED) is 0.634. The second-order valence-electron chi connectivity index (χ2n) is 6.48. The fourth-order valence-electron chi connectivity index (χ4n) is 2.70. The second-order valence-corrected chi connectivity index (χ2v) is 6.48. The molecule has 0 bridgehead atoms. The van der Waals surface area contributed by atoms with E-state index in [-0.39, 0.29) is 5.91 Å². The third-order valence-electron chi connectivity index (χ3n) is 4.39. The SMILES string of the molecule is CCCC[N+](C)(CCCC)CCNC(=O)c1ccc(OC)cc1. The van der Waals surface area contributed by atoms with Crippen LogP contribution in [0.2, 0.25) is 0 Å². The standard InChI is InChI=1S/C19H32N2O2/c1-5-7-14-21(3,15-8-6-2)16-13-20-19(22)17-9-11-18(23-4)12-10-17/h9-12H,5-8,13-16H2,1-4H3/p+1. The Morgan fingerprint density at radius 3 is 2.09 bits per heavy atom. The minimum Gasteiger partial charge on any atom is -0.497 e. The van der Waals surface area contributed by atoms with E-state index in [0.29, 0.717) is 5.56 Å². The Morgan fingerprint density at radius 2 is 1.61 bits per heavy atom. The summed E-state index contributed by atoms with van der Waals surface area (Å²) in [5, 5.41) is 3.05. The Hall–Kier alpha value is -1.55. The van der Waals surface area contributed by atoms with Crippen molar-refractivity contribution in [1.29, 1.82) is 0 Å². The largest absolute Gasteiger partial charge is 0.497 e. The molecule has 0 aliphatic rings. The van der Waals surface area contributed by atoms with Crippen LogP contribution in [0, 0.1) is 0 Å². The number of nitrogens with one attached hydrogen (secondary N) is 1. The number of hydrogen-bond acceptors (Lipinski definition) is 2. The van der Waals surface area contributed by atoms with E-state index in [2.05, 4.69) is 26.2 Å². The van der Waals surface area contributed by atoms with Gasteiger partial charge in [0.25, 0.3) is 5.91 Å². The van der Waals surface area contributed by atoms with Gasteiger partial charge in [-0.1, -0.05) is 26.7 Å². The van der Waals surface area contributed by atoms with Crippen molar-refractivity contribution >= 4 is 5.91 Å². The highest BCUT2D eigenvalue weighted by atomic mass is 16.5. The number of hydrogen-bond donors (Lipinski definition) is 1. The van der Waals surface area contributed by atoms with Crippen molar-refractivity contribution in [3.05, 3.63) is 29.8 Å². The average molecular weight is 321 g/mol. The molecular weight excluding hydrogens is 288 g/mol. The Morgan fingerprint density at radius 1 is 1.04 bits per heavy atom. The van der Waals surface area contributed by atoms with E-state index in [0.717, 1.165) is 23.3 Å². The van der Waals surface area contributed by atoms with Gasteiger partial charge in [-0.05, 0) is 37.1 Å². The lowest BCUT2D eigenvalue weighted by molar-refractivity contribution is -0.908. The van der Waals surface area contributed by atoms with Gasteiger partial charge in [0.2, 0.25) is 0 Å². The first-order chi connectivity index (χ1) is 11.0. The van der Waals surface area contributed by atoms with Crippen molar-refractivity contribution < 1.29 is 14.0 Å². The molecule has 130 valence electrons. The van der Waals surface area contributed by atoms with Crippen LogP contribution in [-0.4, -0.2) is 50.7 Å². The lowest BCUT2D eigenvalue weighted by Gasteiger charge is -2.34. The number of rotatable bonds is 11. The molecule has 1 aromatic rings. The first-order valence-corrected chi connectivity index (χ1v) is 8.80. The highest BCUT2D eigenvalue weighted by Gasteiger charge is 2.20. The molecule has 0 aliphatic carbocycles. The minimum atomic E-state index is -0.00909. The molecule has 0 radical (unpaired) electrons. The Bertz CT molecular complexity index is 449. The van der Waals surface area contributed by atoms with Crippen molar-refractivity contribution in [2.24, 2.45) is 0 Å². The van der Waals surface area contributed by atoms with Crippen molar-refractivity contribution in [3.8, 4) is 5.75 Å². The molecule has 0 unspecified atom stereocenters. The van der Waals surface area contributed by atoms with Gasteiger partial charge >= 0.3 is 0 Å². The van der Waals surface area contributed by atoms with Crippen LogP contribution in [-0.2, 0) is 0 Å². The molecule has 0 aromatic heterocycles. The number of carbonyl (C=O) groups is 1. The molecule has 0 spiro atoms. The van der Waals surface area contributed by atoms with E-state index in [1.165, 1.54) is 38.8 Å². The Kier molecular flexibility index (Phi) is 8.70. The molecular formula is C19H33N2O2+. The number of benzene rings is 1. The molecule has 1 amide bonds. The topological polar surface area (TPSA) is 38.3 Å². The van der Waals surface area contributed by atoms with Crippen LogP contribution >= 0.6 is 0 Å². The molecule has 0 aliphatic heterocycles. The summed E-state index contributed by atoms with van der Waals surface area (Å²) >= 11 is 0. The van der Waals surface area contributed by atoms with Gasteiger partial charge in [0, 0.05) is 5.56 Å². The minimum absolute atomic E-state index is 0.00909. The number of methoxy groups -OCH3 is 1. The number of ether oxygens (including phenoxy) is 1. The van der Waals surface area contributed by atoms with Crippen LogP contribution in [0.3, 0.4) is 0 Å². The van der Waals surface area contributed by atoms with Crippen molar-refractivity contribution in [2.75, 3.05) is 40.3 Å². The van der Waals surface area contributed by atoms with Gasteiger partial charge in [-0.2, -0.15) is 0 Å². The van der Waals surface area contributed by atoms with Gasteiger partial charge in [-0.15, -0.1) is 0 Å². The zero-order valence-corrected chi connectivity index (χ0v) is 15.2. The van der Waals surface area contributed by atoms with Gasteiger partial charge in [-0.25, -0.2) is 0 Å². The van der Waals surface area contributed by atoms with E-state index >= 15 is 0 Å². The maximum absolute atomic E-state index is 12.2. The summed E-state index contributed by atoms with van der Waals surface area (Å²) in [5.41, 5.74) is 0.683. The van der Waals surface area contributed by atoms with Crippen molar-refractivity contribution in [2.45, 2.75) is 39.5 Å². The summed E-state index contributed by atoms with van der Waals surface area (Å²) in [6.07, 6.45) is 4.93. The molecule has 4 nitrogen and oxygen atoms in total. The molecule has 1 N–H and O–H groups in total. The maximum atomic E-state index is 12.2. The third-order valence-corrected chi connectivity index (χ3v) is 4.39. The van der Waals surface area contributed by atoms with Gasteiger partial charge in [0.05, 0.1) is 40.3 Å². The lowest BCUT2D eigenvalue weighted by atomic mass is 10.2. The Balaban J connectivity index is 2.48. The Labute approximate surface area is 141 Å². The zero-order valence-electron chi connectivity index (χ0n) is 15.2. The first kappa shape index (κ1) is 19.5. The summed E-state index contributed by atoms with van der Waals surface area (Å²) in [4.78, 5) is 12.2. The number of quaternary nitrogens is 1. The summed E-state index contributed by atoms with van der Waals surface area (Å²) in [5.74, 6) is 0.759. The van der Waals surface area contributed by atoms with Crippen LogP contribution in [0.5, 0.6) is 5.75 Å². The van der Waals surface area contributed by atoms with E-state index in [9.17, 15) is 4.79 Å². The maximum Gasteiger partial charge on any atom is 0.251 e. The summed E-state index contributed by atoms with van der Waals surface area (Å²) in [6.45, 7) is 8.55. The number of unbranched alkanes of at least 4 members (excludes halogenated alkanes) is 2. The lowest BCUT2D eigenvalue weighted by Crippen LogP contribution is -2.49. The molecule has 0 saturated carbocycles. The highest BCUT2D eigenvalue weighted by molar-refractivity contribution is 5.94. The summed E-state index contributed by atoms with van der Waals surface area (Å²) in [7, 11) is 3.94. The van der Waals surface area contributed by atoms with Crippen LogP contribution in [0.1, 0.15) is 49.9 Å². The van der Waals surface area contributed by atoms with Gasteiger partial charge in [0.1, 0.15) is 5.75 Å². The second kappa shape index (κ2) is 10.3. The smallest absolute Gasteiger partial charge is 0.251 e. The van der Waals surface area contributed by atoms with E-state index < -0.39 is 0 Å². The predicted octanol–water partition coefficient (Wildman–Crippen LogP) is 3.47. The number of likely N-dealkylation sites (N-methyl/N-ethyl adjacent to an activating group) is 1. The molecule has 1 aromatic carbocycles. The number of nitrogens with zero attached hydrogens (tertiary/aromatic N) is 1. The van der Waals surface area contributed by atoms with E-state index in [4.69, 9.17) is 4.74 Å². The summed E-state index contributed by atoms with van der Waals surface area (Å²) < 4.78 is 6.16. The van der Waals surface area contributed by atoms with Crippen LogP contribution in [0.4, 0.5) is 0 Å². The normalized spacial score (nSPS) is 11.3. The molecule has 4 heteroatoms. The van der Waals surface area contributed by atoms with Crippen LogP contribution in [0.15, 0.2) is 24.3 Å². The number of carbonyl (C=O) groups excluding carboxylic acids is 1. The molecule has 1 rings (SSSR count). The zero-order chi connectivity index (χ0) is 17.1. The molecule has 23 heavy (non-hydrogen) atoms. The van der Waals surface area contributed by atoms with Crippen LogP contribution in [0.25, 0.3) is 0 Å². The van der Waals surface area contributed by atoms with Crippen LogP contribution < -0.4 is 10.1 Å². The fourth-order valence-corrected chi connectivity index (χ4v) is 2.70. The van der Waals surface area contributed by atoms with Gasteiger partial charge in [0.15, 0.2) is 0 Å². The first-order valence-electron chi connectivity index (χ1n) is 8.80. The fraction of sp³-hybridized carbons (Fsp3) is 0.632. The predicted molar refractivity (Wildman–Crippen MR) is 95.9 cm³/mol. The average Bonchev–Trinajstić information content (AvgIpc) is 2.58. The van der Waals surface area contributed by atoms with E-state index in [1.54, 1.807) is 19.2 Å². The van der Waals surface area contributed by atoms with Gasteiger partial charge in [-0.3, -0.25) is 4.79 Å². The van der Waals surface area contributed by atoms with E-state index in [1.807, 2.05) is 12.1 Å². The molecule has 0 fully saturated rings. The third kappa shape index (κ3) is 7.04. The monoisotopic (exact) mass is 321 g/mol. The molecule has 0 heterocycles. The molecule has 0 atom stereocenters.